The number of nitrogens with one attached hydrogen (secondary N) is 2. The average Bonchev–Trinajstić information content (AvgIpc) is 3.15. The van der Waals surface area contributed by atoms with E-state index in [1.54, 1.807) is 25.4 Å². The summed E-state index contributed by atoms with van der Waals surface area (Å²) in [5.41, 5.74) is 0.821. The number of hydrogen-bond donors (Lipinski definition) is 2. The third-order valence-corrected chi connectivity index (χ3v) is 11.2. The van der Waals surface area contributed by atoms with Crippen LogP contribution >= 0.6 is 0 Å². The fourth-order valence-corrected chi connectivity index (χ4v) is 8.29. The topological polar surface area (TPSA) is 95.9 Å². The Kier molecular flexibility index (Phi) is 10.5. The second-order valence-electron chi connectivity index (χ2n) is 14.6. The van der Waals surface area contributed by atoms with E-state index in [1.807, 2.05) is 0 Å². The molecule has 2 amide bonds. The quantitative estimate of drug-likeness (QED) is 0.155. The van der Waals surface area contributed by atoms with Gasteiger partial charge in [0.05, 0.1) is 12.7 Å². The van der Waals surface area contributed by atoms with Gasteiger partial charge in [0.15, 0.2) is 0 Å². The minimum absolute atomic E-state index is 0.121. The van der Waals surface area contributed by atoms with Crippen LogP contribution in [0.25, 0.3) is 21.9 Å². The molecule has 4 aromatic rings. The molecule has 0 aliphatic carbocycles. The molecule has 0 bridgehead atoms. The second-order valence-corrected chi connectivity index (χ2v) is 14.6. The van der Waals surface area contributed by atoms with Crippen molar-refractivity contribution >= 4 is 28.3 Å². The molecular formula is C40H42F5N5O4. The lowest BCUT2D eigenvalue weighted by Crippen LogP contribution is -2.47. The number of likely N-dealkylation sites (tertiary alicyclic amines) is 2. The minimum Gasteiger partial charge on any atom is -0.496 e. The number of amides is 2. The number of piperidine rings is 3. The summed E-state index contributed by atoms with van der Waals surface area (Å²) in [6.07, 6.45) is 0.152. The number of aryl methyl sites for hydroxylation is 1. The Morgan fingerprint density at radius 1 is 0.889 bits per heavy atom. The SMILES string of the molecule is COc1cc(-c2cn(C)c(=O)c3ccc(F)cc23)cc(F)c1CN1CCC(N2CCC(c3ccc(NC4CCC(=O)NC4=O)cc3C(F)(F)F)CC2)CC1. The maximum Gasteiger partial charge on any atom is 0.416 e. The number of halogens is 5. The van der Waals surface area contributed by atoms with Crippen molar-refractivity contribution in [1.82, 2.24) is 19.7 Å². The largest absolute Gasteiger partial charge is 0.496 e. The van der Waals surface area contributed by atoms with E-state index in [4.69, 9.17) is 4.74 Å². The molecule has 2 N–H and O–H groups in total. The molecule has 3 aromatic carbocycles. The normalized spacial score (nSPS) is 19.6. The van der Waals surface area contributed by atoms with E-state index >= 15 is 4.39 Å². The van der Waals surface area contributed by atoms with Gasteiger partial charge in [0.25, 0.3) is 5.56 Å². The highest BCUT2D eigenvalue weighted by atomic mass is 19.4. The molecule has 54 heavy (non-hydrogen) atoms. The number of aromatic nitrogens is 1. The predicted octanol–water partition coefficient (Wildman–Crippen LogP) is 6.57. The average molecular weight is 752 g/mol. The van der Waals surface area contributed by atoms with E-state index in [1.165, 1.54) is 42.0 Å². The van der Waals surface area contributed by atoms with Crippen molar-refractivity contribution in [2.75, 3.05) is 38.6 Å². The minimum atomic E-state index is -4.57. The lowest BCUT2D eigenvalue weighted by atomic mass is 9.85. The van der Waals surface area contributed by atoms with Gasteiger partial charge >= 0.3 is 6.18 Å². The second kappa shape index (κ2) is 15.1. The summed E-state index contributed by atoms with van der Waals surface area (Å²) < 4.78 is 80.0. The van der Waals surface area contributed by atoms with E-state index in [9.17, 15) is 31.9 Å². The van der Waals surface area contributed by atoms with Crippen LogP contribution in [0, 0.1) is 11.6 Å². The standard InChI is InChI=1S/C40H42F5N5O4/c1-48-21-31(30-19-25(41)3-5-29(30)39(48)53)24-17-34(42)32(36(18-24)54-2)22-49-13-11-27(12-14-49)50-15-9-23(10-16-50)28-6-4-26(20-33(28)40(43,44)45)46-35-7-8-37(51)47-38(35)52/h3-6,17-21,23,27,35,46H,7-16,22H2,1-2H3,(H,47,51,52). The molecule has 0 saturated carbocycles. The summed E-state index contributed by atoms with van der Waals surface area (Å²) in [6, 6.07) is 10.7. The number of carbonyl (C=O) groups excluding carboxylic acids is 2. The number of hydrogen-bond acceptors (Lipinski definition) is 7. The number of imide groups is 1. The number of nitrogens with zero attached hydrogens (tertiary/aromatic N) is 3. The molecule has 3 aliphatic heterocycles. The molecule has 4 heterocycles. The third-order valence-electron chi connectivity index (χ3n) is 11.2. The highest BCUT2D eigenvalue weighted by Gasteiger charge is 2.38. The lowest BCUT2D eigenvalue weighted by Gasteiger charge is -2.42. The Balaban J connectivity index is 0.976. The molecule has 286 valence electrons. The van der Waals surface area contributed by atoms with E-state index < -0.39 is 41.2 Å². The van der Waals surface area contributed by atoms with Crippen LogP contribution in [0.5, 0.6) is 5.75 Å². The van der Waals surface area contributed by atoms with Crippen molar-refractivity contribution in [3.05, 3.63) is 93.4 Å². The number of fused-ring (bicyclic) bond motifs is 1. The zero-order valence-electron chi connectivity index (χ0n) is 30.1. The number of pyridine rings is 1. The van der Waals surface area contributed by atoms with Crippen molar-refractivity contribution < 1.29 is 36.3 Å². The Morgan fingerprint density at radius 3 is 2.31 bits per heavy atom. The molecule has 3 fully saturated rings. The Bertz CT molecular complexity index is 2140. The fraction of sp³-hybridized carbons (Fsp3) is 0.425. The van der Waals surface area contributed by atoms with Gasteiger partial charge in [-0.25, -0.2) is 8.78 Å². The first-order valence-corrected chi connectivity index (χ1v) is 18.2. The number of ether oxygens (including phenoxy) is 1. The molecule has 3 aliphatic rings. The molecule has 0 spiro atoms. The van der Waals surface area contributed by atoms with Crippen molar-refractivity contribution in [2.24, 2.45) is 7.05 Å². The smallest absolute Gasteiger partial charge is 0.416 e. The molecule has 14 heteroatoms. The maximum absolute atomic E-state index is 15.8. The molecule has 9 nitrogen and oxygen atoms in total. The summed E-state index contributed by atoms with van der Waals surface area (Å²) >= 11 is 0. The maximum atomic E-state index is 15.8. The summed E-state index contributed by atoms with van der Waals surface area (Å²) in [6.45, 7) is 3.06. The zero-order chi connectivity index (χ0) is 38.3. The van der Waals surface area contributed by atoms with E-state index in [2.05, 4.69) is 20.4 Å². The Morgan fingerprint density at radius 2 is 1.63 bits per heavy atom. The molecule has 1 unspecified atom stereocenters. The van der Waals surface area contributed by atoms with Crippen LogP contribution < -0.4 is 20.9 Å². The molecule has 1 aromatic heterocycles. The van der Waals surface area contributed by atoms with Gasteiger partial charge < -0.3 is 19.5 Å². The van der Waals surface area contributed by atoms with Gasteiger partial charge in [-0.1, -0.05) is 6.07 Å². The van der Waals surface area contributed by atoms with E-state index in [0.29, 0.717) is 78.8 Å². The number of alkyl halides is 3. The van der Waals surface area contributed by atoms with Gasteiger partial charge in [-0.2, -0.15) is 13.2 Å². The summed E-state index contributed by atoms with van der Waals surface area (Å²) in [7, 11) is 3.07. The van der Waals surface area contributed by atoms with Crippen LogP contribution in [0.15, 0.2) is 59.5 Å². The number of rotatable bonds is 8. The van der Waals surface area contributed by atoms with Gasteiger partial charge in [0, 0.05) is 54.5 Å². The summed E-state index contributed by atoms with van der Waals surface area (Å²) in [5, 5.41) is 5.80. The van der Waals surface area contributed by atoms with E-state index in [-0.39, 0.29) is 41.6 Å². The molecule has 3 saturated heterocycles. The van der Waals surface area contributed by atoms with E-state index in [0.717, 1.165) is 18.9 Å². The molecule has 0 radical (unpaired) electrons. The molecular weight excluding hydrogens is 709 g/mol. The first-order chi connectivity index (χ1) is 25.8. The lowest BCUT2D eigenvalue weighted by molar-refractivity contribution is -0.138. The first kappa shape index (κ1) is 37.5. The van der Waals surface area contributed by atoms with Gasteiger partial charge in [-0.3, -0.25) is 24.6 Å². The van der Waals surface area contributed by atoms with Crippen LogP contribution in [0.1, 0.15) is 61.1 Å². The number of methoxy groups -OCH3 is 1. The Labute approximate surface area is 309 Å². The van der Waals surface area contributed by atoms with Crippen LogP contribution in [0.3, 0.4) is 0 Å². The molecule has 1 atom stereocenters. The van der Waals surface area contributed by atoms with Crippen molar-refractivity contribution in [2.45, 2.75) is 69.2 Å². The zero-order valence-corrected chi connectivity index (χ0v) is 30.1. The van der Waals surface area contributed by atoms with Crippen LogP contribution in [0.4, 0.5) is 27.6 Å². The highest BCUT2D eigenvalue weighted by molar-refractivity contribution is 6.01. The number of anilines is 1. The van der Waals surface area contributed by atoms with Gasteiger partial charge in [-0.15, -0.1) is 0 Å². The van der Waals surface area contributed by atoms with Gasteiger partial charge in [-0.05, 0) is 123 Å². The summed E-state index contributed by atoms with van der Waals surface area (Å²) in [5.74, 6) is -1.82. The Hall–Kier alpha value is -4.82. The van der Waals surface area contributed by atoms with Crippen LogP contribution in [0.2, 0.25) is 0 Å². The van der Waals surface area contributed by atoms with Crippen molar-refractivity contribution in [3.8, 4) is 16.9 Å². The predicted molar refractivity (Wildman–Crippen MR) is 194 cm³/mol. The number of benzene rings is 3. The van der Waals surface area contributed by atoms with Gasteiger partial charge in [0.1, 0.15) is 23.4 Å². The van der Waals surface area contributed by atoms with Crippen molar-refractivity contribution in [3.63, 3.8) is 0 Å². The highest BCUT2D eigenvalue weighted by Crippen LogP contribution is 2.41. The first-order valence-electron chi connectivity index (χ1n) is 18.2. The monoisotopic (exact) mass is 751 g/mol. The van der Waals surface area contributed by atoms with Crippen LogP contribution in [-0.2, 0) is 29.4 Å². The van der Waals surface area contributed by atoms with Crippen molar-refractivity contribution in [1.29, 1.82) is 0 Å². The summed E-state index contributed by atoms with van der Waals surface area (Å²) in [4.78, 5) is 40.8. The van der Waals surface area contributed by atoms with Crippen LogP contribution in [-0.4, -0.2) is 71.6 Å². The van der Waals surface area contributed by atoms with Gasteiger partial charge in [0.2, 0.25) is 11.8 Å². The third kappa shape index (κ3) is 7.72. The fourth-order valence-electron chi connectivity index (χ4n) is 8.29. The number of carbonyl (C=O) groups is 2. The molecule has 7 rings (SSSR count).